The Labute approximate surface area is 200 Å². The number of amides is 1. The van der Waals surface area contributed by atoms with Gasteiger partial charge in [-0.05, 0) is 38.5 Å². The monoisotopic (exact) mass is 487 g/mol. The van der Waals surface area contributed by atoms with E-state index in [2.05, 4.69) is 20.6 Å². The number of anilines is 3. The maximum Gasteiger partial charge on any atom is 0.224 e. The molecule has 0 spiro atoms. The number of hydrogen-bond donors (Lipinski definition) is 3. The van der Waals surface area contributed by atoms with E-state index >= 15 is 0 Å². The molecule has 3 aromatic rings. The van der Waals surface area contributed by atoms with E-state index in [9.17, 15) is 18.0 Å². The zero-order valence-corrected chi connectivity index (χ0v) is 19.5. The maximum atomic E-state index is 14.4. The second-order valence-corrected chi connectivity index (χ2v) is 9.86. The van der Waals surface area contributed by atoms with Gasteiger partial charge in [-0.25, -0.2) is 23.1 Å². The number of nitrogens with two attached hydrogens (primary N) is 1. The van der Waals surface area contributed by atoms with Crippen LogP contribution >= 0.6 is 0 Å². The predicted molar refractivity (Wildman–Crippen MR) is 126 cm³/mol. The average molecular weight is 488 g/mol. The Morgan fingerprint density at radius 2 is 1.74 bits per heavy atom. The first kappa shape index (κ1) is 23.4. The third-order valence-electron chi connectivity index (χ3n) is 7.38. The molecule has 2 saturated carbocycles. The van der Waals surface area contributed by atoms with Crippen molar-refractivity contribution in [2.24, 2.45) is 11.1 Å². The van der Waals surface area contributed by atoms with E-state index in [1.807, 2.05) is 6.92 Å². The van der Waals surface area contributed by atoms with Gasteiger partial charge in [-0.2, -0.15) is 4.98 Å². The summed E-state index contributed by atoms with van der Waals surface area (Å²) in [5, 5.41) is 6.08. The number of nitrogens with one attached hydrogen (secondary N) is 2. The minimum atomic E-state index is -1.07. The zero-order chi connectivity index (χ0) is 24.7. The Kier molecular flexibility index (Phi) is 6.02. The molecule has 35 heavy (non-hydrogen) atoms. The number of halogens is 3. The molecule has 4 N–H and O–H groups in total. The van der Waals surface area contributed by atoms with E-state index in [0.717, 1.165) is 25.7 Å². The summed E-state index contributed by atoms with van der Waals surface area (Å²) in [6.45, 7) is 1.85. The molecule has 0 bridgehead atoms. The van der Waals surface area contributed by atoms with Crippen LogP contribution in [0, 0.1) is 22.9 Å². The summed E-state index contributed by atoms with van der Waals surface area (Å²) in [4.78, 5) is 25.6. The van der Waals surface area contributed by atoms with Gasteiger partial charge in [0, 0.05) is 29.6 Å². The lowest BCUT2D eigenvalue weighted by Crippen LogP contribution is -2.38. The lowest BCUT2D eigenvalue weighted by Gasteiger charge is -2.35. The molecule has 2 fully saturated rings. The number of fused-ring (bicyclic) bond motifs is 1. The summed E-state index contributed by atoms with van der Waals surface area (Å²) in [7, 11) is 0. The van der Waals surface area contributed by atoms with Crippen LogP contribution < -0.4 is 16.4 Å². The Bertz CT molecular complexity index is 1240. The molecule has 0 atom stereocenters. The molecule has 11 heteroatoms. The molecule has 0 radical (unpaired) electrons. The standard InChI is InChI=1S/C24H28F3N7O/c1-24(21(28)35)8-6-15(7-9-24)34-20-18(12-29-22(33-20)30-14-4-2-3-5-14)31-23(34)32-19-16(26)10-13(25)11-17(19)27/h10-12,14-15H,2-9H2,1H3,(H2,28,35)(H,31,32)(H,29,30,33). The summed E-state index contributed by atoms with van der Waals surface area (Å²) in [6.07, 6.45) is 8.30. The minimum absolute atomic E-state index is 0.143. The topological polar surface area (TPSA) is 111 Å². The van der Waals surface area contributed by atoms with E-state index in [0.29, 0.717) is 61.0 Å². The molecule has 0 unspecified atom stereocenters. The van der Waals surface area contributed by atoms with Crippen molar-refractivity contribution in [1.82, 2.24) is 19.5 Å². The second-order valence-electron chi connectivity index (χ2n) is 9.86. The molecule has 2 aliphatic rings. The zero-order valence-electron chi connectivity index (χ0n) is 19.5. The summed E-state index contributed by atoms with van der Waals surface area (Å²) in [5.41, 5.74) is 5.47. The largest absolute Gasteiger partial charge is 0.369 e. The molecule has 2 aliphatic carbocycles. The van der Waals surface area contributed by atoms with Crippen LogP contribution in [0.15, 0.2) is 18.3 Å². The van der Waals surface area contributed by atoms with Crippen molar-refractivity contribution in [2.75, 3.05) is 10.6 Å². The van der Waals surface area contributed by atoms with Crippen molar-refractivity contribution in [3.05, 3.63) is 35.8 Å². The molecule has 2 heterocycles. The Balaban J connectivity index is 1.54. The summed E-state index contributed by atoms with van der Waals surface area (Å²) >= 11 is 0. The van der Waals surface area contributed by atoms with Gasteiger partial charge in [0.2, 0.25) is 17.8 Å². The molecule has 8 nitrogen and oxygen atoms in total. The molecule has 1 aromatic carbocycles. The fourth-order valence-electron chi connectivity index (χ4n) is 5.16. The Morgan fingerprint density at radius 1 is 1.09 bits per heavy atom. The lowest BCUT2D eigenvalue weighted by molar-refractivity contribution is -0.128. The fourth-order valence-corrected chi connectivity index (χ4v) is 5.16. The first-order valence-electron chi connectivity index (χ1n) is 12.0. The quantitative estimate of drug-likeness (QED) is 0.454. The van der Waals surface area contributed by atoms with Crippen molar-refractivity contribution < 1.29 is 18.0 Å². The van der Waals surface area contributed by atoms with Gasteiger partial charge in [0.05, 0.1) is 6.20 Å². The summed E-state index contributed by atoms with van der Waals surface area (Å²) in [6, 6.07) is 1.38. The van der Waals surface area contributed by atoms with Gasteiger partial charge >= 0.3 is 0 Å². The maximum absolute atomic E-state index is 14.4. The second kappa shape index (κ2) is 9.01. The van der Waals surface area contributed by atoms with Crippen LogP contribution in [-0.2, 0) is 4.79 Å². The van der Waals surface area contributed by atoms with Gasteiger partial charge in [-0.15, -0.1) is 0 Å². The van der Waals surface area contributed by atoms with E-state index in [4.69, 9.17) is 10.7 Å². The van der Waals surface area contributed by atoms with Crippen LogP contribution in [0.2, 0.25) is 0 Å². The number of rotatable bonds is 6. The first-order chi connectivity index (χ1) is 16.7. The molecule has 5 rings (SSSR count). The van der Waals surface area contributed by atoms with Crippen molar-refractivity contribution in [2.45, 2.75) is 70.4 Å². The fraction of sp³-hybridized carbons (Fsp3) is 0.500. The highest BCUT2D eigenvalue weighted by molar-refractivity contribution is 5.80. The van der Waals surface area contributed by atoms with Gasteiger partial charge in [-0.3, -0.25) is 9.36 Å². The molecule has 1 amide bonds. The van der Waals surface area contributed by atoms with Crippen molar-refractivity contribution in [3.8, 4) is 0 Å². The number of aromatic nitrogens is 4. The van der Waals surface area contributed by atoms with Gasteiger partial charge in [0.25, 0.3) is 0 Å². The van der Waals surface area contributed by atoms with Crippen LogP contribution in [-0.4, -0.2) is 31.5 Å². The van der Waals surface area contributed by atoms with Crippen molar-refractivity contribution in [3.63, 3.8) is 0 Å². The first-order valence-corrected chi connectivity index (χ1v) is 12.0. The number of primary amides is 1. The van der Waals surface area contributed by atoms with Crippen LogP contribution in [0.3, 0.4) is 0 Å². The third-order valence-corrected chi connectivity index (χ3v) is 7.38. The van der Waals surface area contributed by atoms with E-state index in [-0.39, 0.29) is 17.9 Å². The number of benzene rings is 1. The Morgan fingerprint density at radius 3 is 2.37 bits per heavy atom. The highest BCUT2D eigenvalue weighted by Gasteiger charge is 2.38. The van der Waals surface area contributed by atoms with Crippen LogP contribution in [0.4, 0.5) is 30.8 Å². The van der Waals surface area contributed by atoms with Gasteiger partial charge in [-0.1, -0.05) is 19.8 Å². The molecule has 0 aliphatic heterocycles. The summed E-state index contributed by atoms with van der Waals surface area (Å²) in [5.74, 6) is -2.85. The third kappa shape index (κ3) is 4.51. The summed E-state index contributed by atoms with van der Waals surface area (Å²) < 4.78 is 44.1. The van der Waals surface area contributed by atoms with E-state index in [1.54, 1.807) is 10.8 Å². The van der Waals surface area contributed by atoms with Crippen LogP contribution in [0.1, 0.15) is 64.3 Å². The molecular formula is C24H28F3N7O. The smallest absolute Gasteiger partial charge is 0.224 e. The minimum Gasteiger partial charge on any atom is -0.369 e. The van der Waals surface area contributed by atoms with Crippen LogP contribution in [0.25, 0.3) is 11.2 Å². The number of imidazole rings is 1. The highest BCUT2D eigenvalue weighted by Crippen LogP contribution is 2.43. The number of carbonyl (C=O) groups is 1. The lowest BCUT2D eigenvalue weighted by atomic mass is 9.73. The van der Waals surface area contributed by atoms with Gasteiger partial charge in [0.1, 0.15) is 17.0 Å². The normalized spacial score (nSPS) is 23.0. The number of hydrogen-bond acceptors (Lipinski definition) is 6. The predicted octanol–water partition coefficient (Wildman–Crippen LogP) is 4.95. The average Bonchev–Trinajstić information content (AvgIpc) is 3.44. The van der Waals surface area contributed by atoms with Gasteiger partial charge < -0.3 is 16.4 Å². The van der Waals surface area contributed by atoms with Crippen molar-refractivity contribution in [1.29, 1.82) is 0 Å². The molecule has 0 saturated heterocycles. The van der Waals surface area contributed by atoms with Crippen LogP contribution in [0.5, 0.6) is 0 Å². The van der Waals surface area contributed by atoms with E-state index in [1.165, 1.54) is 0 Å². The highest BCUT2D eigenvalue weighted by atomic mass is 19.1. The van der Waals surface area contributed by atoms with Crippen molar-refractivity contribution >= 4 is 34.7 Å². The molecule has 186 valence electrons. The van der Waals surface area contributed by atoms with Gasteiger partial charge in [0.15, 0.2) is 17.3 Å². The van der Waals surface area contributed by atoms with E-state index < -0.39 is 28.6 Å². The molecular weight excluding hydrogens is 459 g/mol. The number of carbonyl (C=O) groups excluding carboxylic acids is 1. The SMILES string of the molecule is CC1(C(N)=O)CCC(n2c(Nc3c(F)cc(F)cc3F)nc3cnc(NC4CCCC4)nc32)CC1. The number of nitrogens with zero attached hydrogens (tertiary/aromatic N) is 4. The Hall–Kier alpha value is -3.37. The molecule has 2 aromatic heterocycles.